The number of amides is 1. The molecule has 184 valence electrons. The van der Waals surface area contributed by atoms with Gasteiger partial charge in [0.05, 0.1) is 29.1 Å². The zero-order valence-corrected chi connectivity index (χ0v) is 19.3. The predicted molar refractivity (Wildman–Crippen MR) is 125 cm³/mol. The van der Waals surface area contributed by atoms with Crippen LogP contribution in [-0.4, -0.2) is 32.2 Å². The van der Waals surface area contributed by atoms with Gasteiger partial charge in [0.2, 0.25) is 0 Å². The van der Waals surface area contributed by atoms with Crippen LogP contribution in [0.15, 0.2) is 84.0 Å². The fourth-order valence-corrected chi connectivity index (χ4v) is 4.19. The molecule has 0 aliphatic carbocycles. The molecule has 6 nitrogen and oxygen atoms in total. The number of hydrogen-bond acceptors (Lipinski definition) is 5. The molecule has 36 heavy (non-hydrogen) atoms. The van der Waals surface area contributed by atoms with E-state index in [1.165, 1.54) is 34.9 Å². The largest absolute Gasteiger partial charge is 0.416 e. The first-order valence-corrected chi connectivity index (χ1v) is 11.6. The van der Waals surface area contributed by atoms with Gasteiger partial charge < -0.3 is 5.32 Å². The number of nitrogens with one attached hydrogen (secondary N) is 1. The molecule has 1 N–H and O–H groups in total. The van der Waals surface area contributed by atoms with Crippen molar-refractivity contribution in [2.75, 3.05) is 5.75 Å². The lowest BCUT2D eigenvalue weighted by Crippen LogP contribution is -2.25. The number of alkyl halides is 3. The van der Waals surface area contributed by atoms with Gasteiger partial charge in [0.15, 0.2) is 16.8 Å². The van der Waals surface area contributed by atoms with Crippen molar-refractivity contribution in [2.24, 2.45) is 0 Å². The summed E-state index contributed by atoms with van der Waals surface area (Å²) in [5, 5.41) is 10.7. The highest BCUT2D eigenvalue weighted by atomic mass is 32.2. The molecule has 0 aliphatic heterocycles. The number of carbonyl (C=O) groups is 2. The zero-order chi connectivity index (χ0) is 25.7. The highest BCUT2D eigenvalue weighted by Crippen LogP contribution is 2.32. The second-order valence-corrected chi connectivity index (χ2v) is 8.47. The van der Waals surface area contributed by atoms with Gasteiger partial charge in [-0.1, -0.05) is 60.3 Å². The molecule has 4 rings (SSSR count). The quantitative estimate of drug-likeness (QED) is 0.195. The summed E-state index contributed by atoms with van der Waals surface area (Å²) in [6.07, 6.45) is -4.58. The number of ketones is 1. The van der Waals surface area contributed by atoms with Crippen LogP contribution in [0, 0.1) is 5.82 Å². The smallest absolute Gasteiger partial charge is 0.345 e. The normalized spacial score (nSPS) is 11.3. The van der Waals surface area contributed by atoms with E-state index in [1.54, 1.807) is 30.3 Å². The average molecular weight is 515 g/mol. The number of hydrogen-bond donors (Lipinski definition) is 1. The minimum atomic E-state index is -4.58. The van der Waals surface area contributed by atoms with Crippen molar-refractivity contribution in [1.82, 2.24) is 20.1 Å². The molecule has 1 heterocycles. The molecule has 11 heteroatoms. The number of nitrogens with zero attached hydrogens (tertiary/aromatic N) is 3. The fraction of sp³-hybridized carbons (Fsp3) is 0.120. The Morgan fingerprint density at radius 1 is 0.917 bits per heavy atom. The van der Waals surface area contributed by atoms with Crippen molar-refractivity contribution in [3.8, 4) is 5.69 Å². The molecule has 0 unspecified atom stereocenters. The van der Waals surface area contributed by atoms with Crippen molar-refractivity contribution < 1.29 is 27.2 Å². The first kappa shape index (κ1) is 25.1. The number of thioether (sulfide) groups is 1. The van der Waals surface area contributed by atoms with Crippen LogP contribution in [0.4, 0.5) is 17.6 Å². The van der Waals surface area contributed by atoms with E-state index in [9.17, 15) is 27.2 Å². The summed E-state index contributed by atoms with van der Waals surface area (Å²) >= 11 is 0.998. The van der Waals surface area contributed by atoms with Crippen molar-refractivity contribution in [1.29, 1.82) is 0 Å². The second-order valence-electron chi connectivity index (χ2n) is 7.52. The van der Waals surface area contributed by atoms with Gasteiger partial charge in [-0.15, -0.1) is 10.2 Å². The van der Waals surface area contributed by atoms with Crippen LogP contribution in [0.5, 0.6) is 0 Å². The monoisotopic (exact) mass is 514 g/mol. The lowest BCUT2D eigenvalue weighted by molar-refractivity contribution is -0.137. The molecule has 0 bridgehead atoms. The lowest BCUT2D eigenvalue weighted by atomic mass is 10.2. The van der Waals surface area contributed by atoms with Gasteiger partial charge in [-0.2, -0.15) is 13.2 Å². The van der Waals surface area contributed by atoms with Crippen LogP contribution < -0.4 is 5.32 Å². The molecule has 0 radical (unpaired) electrons. The Morgan fingerprint density at radius 3 is 2.36 bits per heavy atom. The molecule has 0 aliphatic rings. The highest BCUT2D eigenvalue weighted by molar-refractivity contribution is 7.99. The van der Waals surface area contributed by atoms with Gasteiger partial charge in [0, 0.05) is 5.56 Å². The Balaban J connectivity index is 1.63. The molecule has 0 spiro atoms. The Labute approximate surface area is 207 Å². The summed E-state index contributed by atoms with van der Waals surface area (Å²) in [7, 11) is 0. The maximum Gasteiger partial charge on any atom is 0.416 e. The van der Waals surface area contributed by atoms with Crippen molar-refractivity contribution in [3.05, 3.63) is 107 Å². The van der Waals surface area contributed by atoms with E-state index < -0.39 is 23.5 Å². The summed E-state index contributed by atoms with van der Waals surface area (Å²) in [6.45, 7) is -0.246. The lowest BCUT2D eigenvalue weighted by Gasteiger charge is -2.13. The Hall–Kier alpha value is -3.99. The molecule has 0 saturated heterocycles. The first-order chi connectivity index (χ1) is 17.2. The third-order valence-corrected chi connectivity index (χ3v) is 6.01. The SMILES string of the molecule is O=C(CSc1nnc(CNC(=O)c2ccccc2F)n1-c1cccc(C(F)(F)F)c1)c1ccccc1. The van der Waals surface area contributed by atoms with Crippen LogP contribution in [0.3, 0.4) is 0 Å². The van der Waals surface area contributed by atoms with E-state index in [0.717, 1.165) is 30.0 Å². The molecule has 0 atom stereocenters. The van der Waals surface area contributed by atoms with E-state index in [4.69, 9.17) is 0 Å². The summed E-state index contributed by atoms with van der Waals surface area (Å²) < 4.78 is 55.3. The fourth-order valence-electron chi connectivity index (χ4n) is 3.33. The second kappa shape index (κ2) is 10.7. The topological polar surface area (TPSA) is 76.9 Å². The maximum absolute atomic E-state index is 14.0. The van der Waals surface area contributed by atoms with E-state index in [1.807, 2.05) is 0 Å². The minimum absolute atomic E-state index is 0.0390. The molecule has 0 saturated carbocycles. The van der Waals surface area contributed by atoms with Crippen LogP contribution in [0.1, 0.15) is 32.1 Å². The minimum Gasteiger partial charge on any atom is -0.345 e. The molecular formula is C25H18F4N4O2S. The molecule has 4 aromatic rings. The third-order valence-electron chi connectivity index (χ3n) is 5.09. The van der Waals surface area contributed by atoms with Gasteiger partial charge in [-0.25, -0.2) is 4.39 Å². The number of carbonyl (C=O) groups excluding carboxylic acids is 2. The molecule has 3 aromatic carbocycles. The molecule has 1 amide bonds. The standard InChI is InChI=1S/C25H18F4N4O2S/c26-20-12-5-4-11-19(20)23(35)30-14-22-31-32-24(36-15-21(34)16-7-2-1-3-8-16)33(22)18-10-6-9-17(13-18)25(27,28)29/h1-13H,14-15H2,(H,30,35). The van der Waals surface area contributed by atoms with Crippen LogP contribution in [0.25, 0.3) is 5.69 Å². The van der Waals surface area contributed by atoms with E-state index >= 15 is 0 Å². The summed E-state index contributed by atoms with van der Waals surface area (Å²) in [4.78, 5) is 25.0. The number of benzene rings is 3. The van der Waals surface area contributed by atoms with Gasteiger partial charge in [0.1, 0.15) is 5.82 Å². The van der Waals surface area contributed by atoms with Gasteiger partial charge in [0.25, 0.3) is 5.91 Å². The van der Waals surface area contributed by atoms with Crippen molar-refractivity contribution in [2.45, 2.75) is 17.9 Å². The van der Waals surface area contributed by atoms with E-state index in [-0.39, 0.29) is 40.3 Å². The van der Waals surface area contributed by atoms with Crippen LogP contribution in [0.2, 0.25) is 0 Å². The zero-order valence-electron chi connectivity index (χ0n) is 18.5. The van der Waals surface area contributed by atoms with Crippen molar-refractivity contribution in [3.63, 3.8) is 0 Å². The average Bonchev–Trinajstić information content (AvgIpc) is 3.29. The molecular weight excluding hydrogens is 496 g/mol. The molecule has 0 fully saturated rings. The van der Waals surface area contributed by atoms with Gasteiger partial charge >= 0.3 is 6.18 Å². The van der Waals surface area contributed by atoms with Crippen molar-refractivity contribution >= 4 is 23.5 Å². The van der Waals surface area contributed by atoms with E-state index in [2.05, 4.69) is 15.5 Å². The highest BCUT2D eigenvalue weighted by Gasteiger charge is 2.31. The number of Topliss-reactive ketones (excluding diaryl/α,β-unsaturated/α-hetero) is 1. The van der Waals surface area contributed by atoms with Gasteiger partial charge in [-0.05, 0) is 30.3 Å². The summed E-state index contributed by atoms with van der Waals surface area (Å²) in [5.74, 6) is -1.57. The molecule has 1 aromatic heterocycles. The van der Waals surface area contributed by atoms with Gasteiger partial charge in [-0.3, -0.25) is 14.2 Å². The Bertz CT molecular complexity index is 1390. The maximum atomic E-state index is 14.0. The predicted octanol–water partition coefficient (Wildman–Crippen LogP) is 5.33. The Kier molecular flexibility index (Phi) is 7.49. The summed E-state index contributed by atoms with van der Waals surface area (Å²) in [6, 6.07) is 18.4. The number of aromatic nitrogens is 3. The number of halogens is 4. The third kappa shape index (κ3) is 5.80. The van der Waals surface area contributed by atoms with Crippen LogP contribution >= 0.6 is 11.8 Å². The summed E-state index contributed by atoms with van der Waals surface area (Å²) in [5.41, 5.74) is -0.496. The number of rotatable bonds is 8. The van der Waals surface area contributed by atoms with E-state index in [0.29, 0.717) is 5.56 Å². The van der Waals surface area contributed by atoms with Crippen LogP contribution in [-0.2, 0) is 12.7 Å². The first-order valence-electron chi connectivity index (χ1n) is 10.6. The Morgan fingerprint density at radius 2 is 1.64 bits per heavy atom.